The van der Waals surface area contributed by atoms with Crippen LogP contribution >= 0.6 is 23.2 Å². The fourth-order valence-corrected chi connectivity index (χ4v) is 3.21. The molecule has 2 N–H and O–H groups in total. The molecule has 1 heterocycles. The van der Waals surface area contributed by atoms with Gasteiger partial charge in [0.05, 0.1) is 24.7 Å². The third-order valence-corrected chi connectivity index (χ3v) is 5.08. The van der Waals surface area contributed by atoms with Crippen LogP contribution in [-0.2, 0) is 9.53 Å². The van der Waals surface area contributed by atoms with Crippen LogP contribution in [-0.4, -0.2) is 45.9 Å². The molecule has 24 heavy (non-hydrogen) atoms. The first-order valence-corrected chi connectivity index (χ1v) is 8.85. The fraction of sp³-hybridized carbons (Fsp3) is 0.588. The summed E-state index contributed by atoms with van der Waals surface area (Å²) < 4.78 is 10.9. The first kappa shape index (κ1) is 19.3. The van der Waals surface area contributed by atoms with Gasteiger partial charge in [0.25, 0.3) is 0 Å². The predicted octanol–water partition coefficient (Wildman–Crippen LogP) is 2.89. The Kier molecular flexibility index (Phi) is 7.62. The Bertz CT molecular complexity index is 543. The number of carbonyl (C=O) groups excluding carboxylic acids is 1. The summed E-state index contributed by atoms with van der Waals surface area (Å²) in [5, 5.41) is 7.15. The van der Waals surface area contributed by atoms with E-state index in [4.69, 9.17) is 32.7 Å². The monoisotopic (exact) mass is 374 g/mol. The second kappa shape index (κ2) is 9.47. The average Bonchev–Trinajstić information content (AvgIpc) is 2.58. The van der Waals surface area contributed by atoms with E-state index in [2.05, 4.69) is 10.6 Å². The number of rotatable bonds is 8. The summed E-state index contributed by atoms with van der Waals surface area (Å²) in [5.74, 6) is 0.452. The van der Waals surface area contributed by atoms with Gasteiger partial charge >= 0.3 is 0 Å². The number of benzene rings is 1. The van der Waals surface area contributed by atoms with Crippen LogP contribution in [0, 0.1) is 5.41 Å². The van der Waals surface area contributed by atoms with Gasteiger partial charge in [-0.3, -0.25) is 4.79 Å². The standard InChI is InChI=1S/C17H24Cl2N2O3/c1-23-12-17(6-8-20-9-7-17)11-21-15(22)5-10-24-14-4-2-3-13(18)16(14)19/h2-4,20H,5-12H2,1H3,(H,21,22). The quantitative estimate of drug-likeness (QED) is 0.734. The van der Waals surface area contributed by atoms with Gasteiger partial charge in [-0.1, -0.05) is 29.3 Å². The van der Waals surface area contributed by atoms with E-state index in [9.17, 15) is 4.79 Å². The highest BCUT2D eigenvalue weighted by molar-refractivity contribution is 6.42. The lowest BCUT2D eigenvalue weighted by Crippen LogP contribution is -2.47. The summed E-state index contributed by atoms with van der Waals surface area (Å²) >= 11 is 12.0. The van der Waals surface area contributed by atoms with Crippen molar-refractivity contribution in [2.45, 2.75) is 19.3 Å². The van der Waals surface area contributed by atoms with Crippen LogP contribution in [0.5, 0.6) is 5.75 Å². The third-order valence-electron chi connectivity index (χ3n) is 4.28. The van der Waals surface area contributed by atoms with Crippen LogP contribution in [0.15, 0.2) is 18.2 Å². The molecule has 7 heteroatoms. The lowest BCUT2D eigenvalue weighted by Gasteiger charge is -2.37. The maximum Gasteiger partial charge on any atom is 0.223 e. The molecule has 1 aliphatic heterocycles. The second-order valence-electron chi connectivity index (χ2n) is 6.11. The van der Waals surface area contributed by atoms with Gasteiger partial charge < -0.3 is 20.1 Å². The molecule has 1 aliphatic rings. The van der Waals surface area contributed by atoms with Gasteiger partial charge in [0.15, 0.2) is 0 Å². The van der Waals surface area contributed by atoms with Crippen molar-refractivity contribution in [1.82, 2.24) is 10.6 Å². The summed E-state index contributed by atoms with van der Waals surface area (Å²) in [6, 6.07) is 5.18. The Morgan fingerprint density at radius 1 is 1.33 bits per heavy atom. The van der Waals surface area contributed by atoms with Crippen molar-refractivity contribution in [2.24, 2.45) is 5.41 Å². The van der Waals surface area contributed by atoms with Gasteiger partial charge in [-0.15, -0.1) is 0 Å². The van der Waals surface area contributed by atoms with E-state index < -0.39 is 0 Å². The number of piperidine rings is 1. The zero-order valence-electron chi connectivity index (χ0n) is 13.9. The molecule has 1 amide bonds. The largest absolute Gasteiger partial charge is 0.491 e. The maximum absolute atomic E-state index is 12.1. The van der Waals surface area contributed by atoms with Crippen molar-refractivity contribution < 1.29 is 14.3 Å². The minimum atomic E-state index is -0.0397. The van der Waals surface area contributed by atoms with Gasteiger partial charge in [-0.05, 0) is 38.1 Å². The van der Waals surface area contributed by atoms with Crippen LogP contribution in [0.2, 0.25) is 10.0 Å². The zero-order chi connectivity index (χ0) is 17.4. The molecule has 0 atom stereocenters. The number of nitrogens with one attached hydrogen (secondary N) is 2. The number of halogens is 2. The third kappa shape index (κ3) is 5.52. The minimum absolute atomic E-state index is 0.0206. The van der Waals surface area contributed by atoms with E-state index in [1.165, 1.54) is 0 Å². The molecule has 1 saturated heterocycles. The van der Waals surface area contributed by atoms with Crippen molar-refractivity contribution in [3.63, 3.8) is 0 Å². The van der Waals surface area contributed by atoms with Gasteiger partial charge in [-0.2, -0.15) is 0 Å². The SMILES string of the molecule is COCC1(CNC(=O)CCOc2cccc(Cl)c2Cl)CCNCC1. The number of hydrogen-bond donors (Lipinski definition) is 2. The molecule has 0 spiro atoms. The predicted molar refractivity (Wildman–Crippen MR) is 96.0 cm³/mol. The van der Waals surface area contributed by atoms with E-state index in [1.807, 2.05) is 0 Å². The molecule has 1 aromatic rings. The Hall–Kier alpha value is -1.01. The highest BCUT2D eigenvalue weighted by Crippen LogP contribution is 2.31. The van der Waals surface area contributed by atoms with E-state index in [0.29, 0.717) is 28.9 Å². The van der Waals surface area contributed by atoms with Gasteiger partial charge in [0, 0.05) is 19.1 Å². The Balaban J connectivity index is 1.75. The Morgan fingerprint density at radius 3 is 2.79 bits per heavy atom. The second-order valence-corrected chi connectivity index (χ2v) is 6.90. The molecule has 0 saturated carbocycles. The average molecular weight is 375 g/mol. The minimum Gasteiger partial charge on any atom is -0.491 e. The first-order valence-electron chi connectivity index (χ1n) is 8.09. The molecule has 1 fully saturated rings. The van der Waals surface area contributed by atoms with Gasteiger partial charge in [0.1, 0.15) is 10.8 Å². The highest BCUT2D eigenvalue weighted by Gasteiger charge is 2.32. The molecule has 5 nitrogen and oxygen atoms in total. The lowest BCUT2D eigenvalue weighted by molar-refractivity contribution is -0.122. The molecule has 0 aromatic heterocycles. The number of carbonyl (C=O) groups is 1. The van der Waals surface area contributed by atoms with Gasteiger partial charge in [0.2, 0.25) is 5.91 Å². The Labute approximate surface area is 153 Å². The van der Waals surface area contributed by atoms with Crippen LogP contribution in [0.3, 0.4) is 0 Å². The number of hydrogen-bond acceptors (Lipinski definition) is 4. The van der Waals surface area contributed by atoms with E-state index in [0.717, 1.165) is 25.9 Å². The number of ether oxygens (including phenoxy) is 2. The Morgan fingerprint density at radius 2 is 2.08 bits per heavy atom. The zero-order valence-corrected chi connectivity index (χ0v) is 15.4. The molecule has 1 aromatic carbocycles. The normalized spacial score (nSPS) is 16.6. The van der Waals surface area contributed by atoms with Crippen LogP contribution in [0.4, 0.5) is 0 Å². The van der Waals surface area contributed by atoms with Crippen molar-refractivity contribution >= 4 is 29.1 Å². The van der Waals surface area contributed by atoms with E-state index >= 15 is 0 Å². The van der Waals surface area contributed by atoms with E-state index in [-0.39, 0.29) is 24.3 Å². The molecule has 0 bridgehead atoms. The van der Waals surface area contributed by atoms with Crippen molar-refractivity contribution in [2.75, 3.05) is 40.0 Å². The van der Waals surface area contributed by atoms with Crippen molar-refractivity contribution in [1.29, 1.82) is 0 Å². The van der Waals surface area contributed by atoms with Gasteiger partial charge in [-0.25, -0.2) is 0 Å². The molecular weight excluding hydrogens is 351 g/mol. The molecule has 0 unspecified atom stereocenters. The number of amides is 1. The van der Waals surface area contributed by atoms with Crippen LogP contribution < -0.4 is 15.4 Å². The molecular formula is C17H24Cl2N2O3. The molecule has 134 valence electrons. The summed E-state index contributed by atoms with van der Waals surface area (Å²) in [7, 11) is 1.70. The summed E-state index contributed by atoms with van der Waals surface area (Å²) in [5.41, 5.74) is 0.0206. The lowest BCUT2D eigenvalue weighted by atomic mass is 9.79. The van der Waals surface area contributed by atoms with E-state index in [1.54, 1.807) is 25.3 Å². The summed E-state index contributed by atoms with van der Waals surface area (Å²) in [6.07, 6.45) is 2.26. The molecule has 2 rings (SSSR count). The maximum atomic E-state index is 12.1. The topological polar surface area (TPSA) is 59.6 Å². The van der Waals surface area contributed by atoms with Crippen LogP contribution in [0.1, 0.15) is 19.3 Å². The smallest absolute Gasteiger partial charge is 0.223 e. The summed E-state index contributed by atoms with van der Waals surface area (Å²) in [4.78, 5) is 12.1. The first-order chi connectivity index (χ1) is 11.6. The van der Waals surface area contributed by atoms with Crippen molar-refractivity contribution in [3.05, 3.63) is 28.2 Å². The number of methoxy groups -OCH3 is 1. The highest BCUT2D eigenvalue weighted by atomic mass is 35.5. The fourth-order valence-electron chi connectivity index (χ4n) is 2.86. The molecule has 0 radical (unpaired) electrons. The van der Waals surface area contributed by atoms with Crippen molar-refractivity contribution in [3.8, 4) is 5.75 Å². The summed E-state index contributed by atoms with van der Waals surface area (Å²) in [6.45, 7) is 3.44. The van der Waals surface area contributed by atoms with Crippen LogP contribution in [0.25, 0.3) is 0 Å². The molecule has 0 aliphatic carbocycles.